The van der Waals surface area contributed by atoms with Crippen molar-refractivity contribution in [1.82, 2.24) is 5.32 Å². The van der Waals surface area contributed by atoms with Crippen molar-refractivity contribution in [3.05, 3.63) is 65.2 Å². The van der Waals surface area contributed by atoms with Crippen molar-refractivity contribution in [2.45, 2.75) is 50.0 Å². The molecule has 0 aliphatic heterocycles. The summed E-state index contributed by atoms with van der Waals surface area (Å²) in [6.45, 7) is 1.50. The summed E-state index contributed by atoms with van der Waals surface area (Å²) in [6, 6.07) is 11.5. The number of rotatable bonds is 13. The lowest BCUT2D eigenvalue weighted by molar-refractivity contribution is -0.190. The normalized spacial score (nSPS) is 15.8. The molecule has 2 amide bonds. The number of esters is 1. The average molecular weight is 540 g/mol. The fraction of sp³-hybridized carbons (Fsp3) is 0.423. The first-order chi connectivity index (χ1) is 17.6. The third kappa shape index (κ3) is 8.78. The average Bonchev–Trinajstić information content (AvgIpc) is 3.71. The van der Waals surface area contributed by atoms with Gasteiger partial charge in [-0.2, -0.15) is 24.9 Å². The number of benzene rings is 2. The highest BCUT2D eigenvalue weighted by atomic mass is 32.2. The van der Waals surface area contributed by atoms with E-state index < -0.39 is 29.4 Å². The molecule has 1 N–H and O–H groups in total. The molecule has 3 rings (SSSR count). The second-order valence-electron chi connectivity index (χ2n) is 8.53. The van der Waals surface area contributed by atoms with Crippen LogP contribution in [0.1, 0.15) is 42.6 Å². The molecule has 3 unspecified atom stereocenters. The van der Waals surface area contributed by atoms with E-state index in [4.69, 9.17) is 14.2 Å². The maximum atomic E-state index is 13.0. The molecule has 1 aliphatic carbocycles. The summed E-state index contributed by atoms with van der Waals surface area (Å²) in [5, 5.41) is 1.72. The highest BCUT2D eigenvalue weighted by molar-refractivity contribution is 7.99. The van der Waals surface area contributed by atoms with Gasteiger partial charge in [0.1, 0.15) is 18.5 Å². The Morgan fingerprint density at radius 1 is 1.11 bits per heavy atom. The van der Waals surface area contributed by atoms with Crippen molar-refractivity contribution < 1.29 is 41.8 Å². The van der Waals surface area contributed by atoms with Crippen LogP contribution < -0.4 is 10.1 Å². The highest BCUT2D eigenvalue weighted by Crippen LogP contribution is 2.33. The highest BCUT2D eigenvalue weighted by Gasteiger charge is 2.33. The van der Waals surface area contributed by atoms with Crippen LogP contribution in [-0.2, 0) is 36.5 Å². The van der Waals surface area contributed by atoms with Gasteiger partial charge in [-0.25, -0.2) is 0 Å². The van der Waals surface area contributed by atoms with Crippen LogP contribution in [0.2, 0.25) is 0 Å². The third-order valence-electron chi connectivity index (χ3n) is 5.68. The zero-order chi connectivity index (χ0) is 27.0. The second kappa shape index (κ2) is 13.0. The monoisotopic (exact) mass is 539 g/mol. The van der Waals surface area contributed by atoms with Gasteiger partial charge in [-0.05, 0) is 67.8 Å². The molecule has 0 heterocycles. The van der Waals surface area contributed by atoms with Gasteiger partial charge in [0.05, 0.1) is 16.7 Å². The van der Waals surface area contributed by atoms with Gasteiger partial charge in [0.15, 0.2) is 0 Å². The van der Waals surface area contributed by atoms with Crippen LogP contribution in [0.3, 0.4) is 0 Å². The zero-order valence-corrected chi connectivity index (χ0v) is 21.1. The van der Waals surface area contributed by atoms with Gasteiger partial charge in [0.25, 0.3) is 0 Å². The van der Waals surface area contributed by atoms with E-state index in [0.29, 0.717) is 24.1 Å². The Labute approximate surface area is 217 Å². The first-order valence-corrected chi connectivity index (χ1v) is 12.9. The van der Waals surface area contributed by atoms with E-state index in [2.05, 4.69) is 5.32 Å². The first-order valence-electron chi connectivity index (χ1n) is 11.6. The molecule has 0 radical (unpaired) electrons. The van der Waals surface area contributed by atoms with Gasteiger partial charge >= 0.3 is 12.1 Å². The molecule has 0 aromatic heterocycles. The van der Waals surface area contributed by atoms with Crippen molar-refractivity contribution >= 4 is 30.0 Å². The molecule has 1 saturated carbocycles. The molecule has 0 saturated heterocycles. The minimum absolute atomic E-state index is 0.0504. The van der Waals surface area contributed by atoms with Crippen molar-refractivity contribution in [2.24, 2.45) is 5.92 Å². The summed E-state index contributed by atoms with van der Waals surface area (Å²) < 4.78 is 56.0. The van der Waals surface area contributed by atoms with Crippen LogP contribution in [0.15, 0.2) is 48.5 Å². The van der Waals surface area contributed by atoms with Crippen LogP contribution in [-0.4, -0.2) is 42.7 Å². The quantitative estimate of drug-likeness (QED) is 0.224. The lowest BCUT2D eigenvalue weighted by Gasteiger charge is -2.23. The second-order valence-corrected chi connectivity index (χ2v) is 9.57. The number of amides is 2. The van der Waals surface area contributed by atoms with Crippen LogP contribution in [0, 0.1) is 5.92 Å². The fourth-order valence-corrected chi connectivity index (χ4v) is 4.12. The Morgan fingerprint density at radius 2 is 1.76 bits per heavy atom. The van der Waals surface area contributed by atoms with E-state index in [1.54, 1.807) is 37.4 Å². The molecule has 2 aromatic carbocycles. The molecule has 37 heavy (non-hydrogen) atoms. The van der Waals surface area contributed by atoms with Gasteiger partial charge in [-0.1, -0.05) is 24.3 Å². The Morgan fingerprint density at radius 3 is 2.30 bits per heavy atom. The van der Waals surface area contributed by atoms with E-state index in [1.807, 2.05) is 0 Å². The number of halogens is 3. The van der Waals surface area contributed by atoms with E-state index in [9.17, 15) is 27.6 Å². The molecule has 200 valence electrons. The number of hydrogen-bond donors (Lipinski definition) is 1. The Kier molecular flexibility index (Phi) is 9.99. The lowest BCUT2D eigenvalue weighted by atomic mass is 10.1. The molecular weight excluding hydrogens is 511 g/mol. The van der Waals surface area contributed by atoms with Crippen molar-refractivity contribution in [1.29, 1.82) is 0 Å². The summed E-state index contributed by atoms with van der Waals surface area (Å²) >= 11 is 1.32. The molecule has 2 aromatic rings. The molecule has 11 heteroatoms. The van der Waals surface area contributed by atoms with E-state index in [1.165, 1.54) is 23.9 Å². The maximum Gasteiger partial charge on any atom is 0.416 e. The predicted molar refractivity (Wildman–Crippen MR) is 131 cm³/mol. The Hall–Kier alpha value is -3.05. The summed E-state index contributed by atoms with van der Waals surface area (Å²) in [6.07, 6.45) is -2.13. The fourth-order valence-electron chi connectivity index (χ4n) is 3.48. The van der Waals surface area contributed by atoms with Crippen molar-refractivity contribution in [2.75, 3.05) is 12.9 Å². The molecular formula is C26H28F3NO6S. The van der Waals surface area contributed by atoms with Gasteiger partial charge in [0.2, 0.25) is 18.6 Å². The number of hydrogen-bond acceptors (Lipinski definition) is 7. The minimum Gasteiger partial charge on any atom is -0.491 e. The van der Waals surface area contributed by atoms with Crippen molar-refractivity contribution in [3.8, 4) is 5.75 Å². The standard InChI is InChI=1S/C26H28F3NO6S/c1-16(36-25(33)19-5-6-19)35-22(18-7-9-20(10-8-18)26(27,28)29)14-34-21-11-3-17(4-12-21)13-23(37-2)24(32)30-15-31/h3-4,7-12,15-16,19,22-23H,5-6,13-14H2,1-2H3,(H,30,31,32). The summed E-state index contributed by atoms with van der Waals surface area (Å²) in [5.41, 5.74) is 0.497. The van der Waals surface area contributed by atoms with Crippen LogP contribution >= 0.6 is 11.8 Å². The number of imide groups is 1. The van der Waals surface area contributed by atoms with Crippen LogP contribution in [0.5, 0.6) is 5.75 Å². The van der Waals surface area contributed by atoms with Crippen LogP contribution in [0.4, 0.5) is 13.2 Å². The molecule has 0 bridgehead atoms. The van der Waals surface area contributed by atoms with E-state index in [0.717, 1.165) is 30.5 Å². The maximum absolute atomic E-state index is 13.0. The third-order valence-corrected chi connectivity index (χ3v) is 6.63. The summed E-state index contributed by atoms with van der Waals surface area (Å²) in [7, 11) is 0. The number of thioether (sulfide) groups is 1. The number of nitrogens with one attached hydrogen (secondary N) is 1. The Balaban J connectivity index is 1.66. The predicted octanol–water partition coefficient (Wildman–Crippen LogP) is 4.69. The number of carbonyl (C=O) groups is 3. The summed E-state index contributed by atoms with van der Waals surface area (Å²) in [4.78, 5) is 34.4. The molecule has 1 aliphatic rings. The smallest absolute Gasteiger partial charge is 0.416 e. The largest absolute Gasteiger partial charge is 0.491 e. The SMILES string of the molecule is CSC(Cc1ccc(OCC(OC(C)OC(=O)C2CC2)c2ccc(C(F)(F)F)cc2)cc1)C(=O)NC=O. The van der Waals surface area contributed by atoms with Crippen molar-refractivity contribution in [3.63, 3.8) is 0 Å². The minimum atomic E-state index is -4.47. The molecule has 0 spiro atoms. The zero-order valence-electron chi connectivity index (χ0n) is 20.3. The lowest BCUT2D eigenvalue weighted by Crippen LogP contribution is -2.32. The van der Waals surface area contributed by atoms with Gasteiger partial charge in [-0.3, -0.25) is 19.7 Å². The number of ether oxygens (including phenoxy) is 3. The van der Waals surface area contributed by atoms with Crippen LogP contribution in [0.25, 0.3) is 0 Å². The van der Waals surface area contributed by atoms with Gasteiger partial charge < -0.3 is 14.2 Å². The number of carbonyl (C=O) groups excluding carboxylic acids is 3. The van der Waals surface area contributed by atoms with E-state index in [-0.39, 0.29) is 24.4 Å². The Bertz CT molecular complexity index is 1060. The first kappa shape index (κ1) is 28.5. The molecule has 7 nitrogen and oxygen atoms in total. The van der Waals surface area contributed by atoms with Gasteiger partial charge in [0, 0.05) is 0 Å². The van der Waals surface area contributed by atoms with E-state index >= 15 is 0 Å². The topological polar surface area (TPSA) is 90.9 Å². The van der Waals surface area contributed by atoms with Gasteiger partial charge in [-0.15, -0.1) is 0 Å². The summed E-state index contributed by atoms with van der Waals surface area (Å²) in [5.74, 6) is -0.387. The number of alkyl halides is 3. The molecule has 3 atom stereocenters. The molecule has 1 fully saturated rings.